The topological polar surface area (TPSA) is 36.0 Å². The normalized spacial score (nSPS) is 21.4. The summed E-state index contributed by atoms with van der Waals surface area (Å²) in [4.78, 5) is 19.6. The Morgan fingerprint density at radius 3 is 2.20 bits per heavy atom. The zero-order valence-corrected chi connectivity index (χ0v) is 16.9. The van der Waals surface area contributed by atoms with Gasteiger partial charge in [0.15, 0.2) is 0 Å². The molecule has 1 amide bonds. The van der Waals surface area contributed by atoms with Gasteiger partial charge in [0.05, 0.1) is 6.10 Å². The molecule has 5 nitrogen and oxygen atoms in total. The molecular formula is C20H39N3O2. The minimum absolute atomic E-state index is 0.258. The van der Waals surface area contributed by atoms with Crippen molar-refractivity contribution in [2.24, 2.45) is 5.92 Å². The lowest BCUT2D eigenvalue weighted by molar-refractivity contribution is -0.133. The van der Waals surface area contributed by atoms with Crippen LogP contribution in [0.25, 0.3) is 0 Å². The van der Waals surface area contributed by atoms with Crippen LogP contribution in [0.1, 0.15) is 53.4 Å². The third kappa shape index (κ3) is 7.24. The molecule has 2 aliphatic heterocycles. The Labute approximate surface area is 154 Å². The molecule has 0 aliphatic carbocycles. The van der Waals surface area contributed by atoms with E-state index in [-0.39, 0.29) is 6.10 Å². The Bertz CT molecular complexity index is 384. The van der Waals surface area contributed by atoms with E-state index in [9.17, 15) is 4.79 Å². The van der Waals surface area contributed by atoms with Crippen molar-refractivity contribution in [3.05, 3.63) is 0 Å². The van der Waals surface area contributed by atoms with Crippen LogP contribution in [-0.4, -0.2) is 85.2 Å². The number of amides is 1. The average molecular weight is 354 g/mol. The van der Waals surface area contributed by atoms with Crippen LogP contribution in [0.3, 0.4) is 0 Å². The van der Waals surface area contributed by atoms with E-state index in [0.29, 0.717) is 25.0 Å². The Balaban J connectivity index is 1.59. The molecule has 0 bridgehead atoms. The summed E-state index contributed by atoms with van der Waals surface area (Å²) in [5, 5.41) is 0. The second-order valence-electron chi connectivity index (χ2n) is 8.28. The molecule has 0 radical (unpaired) electrons. The van der Waals surface area contributed by atoms with E-state index < -0.39 is 0 Å². The number of carbonyl (C=O) groups is 1. The Morgan fingerprint density at radius 2 is 1.64 bits per heavy atom. The molecule has 0 aromatic carbocycles. The van der Waals surface area contributed by atoms with Gasteiger partial charge in [0, 0.05) is 64.9 Å². The van der Waals surface area contributed by atoms with Gasteiger partial charge in [-0.2, -0.15) is 0 Å². The van der Waals surface area contributed by atoms with Gasteiger partial charge in [-0.25, -0.2) is 0 Å². The lowest BCUT2D eigenvalue weighted by atomic mass is 9.95. The fourth-order valence-corrected chi connectivity index (χ4v) is 3.89. The van der Waals surface area contributed by atoms with Crippen LogP contribution in [0.4, 0.5) is 0 Å². The second-order valence-corrected chi connectivity index (χ2v) is 8.28. The van der Waals surface area contributed by atoms with Crippen molar-refractivity contribution >= 4 is 5.91 Å². The number of hydrogen-bond acceptors (Lipinski definition) is 4. The fraction of sp³-hybridized carbons (Fsp3) is 0.950. The summed E-state index contributed by atoms with van der Waals surface area (Å²) >= 11 is 0. The predicted octanol–water partition coefficient (Wildman–Crippen LogP) is 2.46. The molecule has 0 unspecified atom stereocenters. The van der Waals surface area contributed by atoms with Crippen LogP contribution in [-0.2, 0) is 9.53 Å². The molecule has 146 valence electrons. The predicted molar refractivity (Wildman–Crippen MR) is 103 cm³/mol. The van der Waals surface area contributed by atoms with Gasteiger partial charge in [-0.15, -0.1) is 0 Å². The van der Waals surface area contributed by atoms with Gasteiger partial charge >= 0.3 is 0 Å². The minimum Gasteiger partial charge on any atom is -0.379 e. The highest BCUT2D eigenvalue weighted by molar-refractivity contribution is 5.76. The summed E-state index contributed by atoms with van der Waals surface area (Å²) in [5.74, 6) is 1.08. The average Bonchev–Trinajstić information content (AvgIpc) is 2.59. The van der Waals surface area contributed by atoms with Gasteiger partial charge in [0.1, 0.15) is 0 Å². The van der Waals surface area contributed by atoms with Gasteiger partial charge < -0.3 is 14.5 Å². The van der Waals surface area contributed by atoms with Crippen molar-refractivity contribution in [3.8, 4) is 0 Å². The lowest BCUT2D eigenvalue weighted by Gasteiger charge is -2.40. The third-order valence-electron chi connectivity index (χ3n) is 5.61. The first-order chi connectivity index (χ1) is 12.0. The maximum Gasteiger partial charge on any atom is 0.222 e. The van der Waals surface area contributed by atoms with Gasteiger partial charge in [0.25, 0.3) is 0 Å². The maximum absolute atomic E-state index is 12.3. The summed E-state index contributed by atoms with van der Waals surface area (Å²) in [5.41, 5.74) is 0. The highest BCUT2D eigenvalue weighted by Crippen LogP contribution is 2.20. The van der Waals surface area contributed by atoms with E-state index in [1.807, 2.05) is 13.8 Å². The number of nitrogens with zero attached hydrogens (tertiary/aromatic N) is 3. The molecule has 2 aliphatic rings. The van der Waals surface area contributed by atoms with E-state index in [1.54, 1.807) is 0 Å². The monoisotopic (exact) mass is 353 g/mol. The number of ether oxygens (including phenoxy) is 1. The fourth-order valence-electron chi connectivity index (χ4n) is 3.89. The second kappa shape index (κ2) is 10.5. The van der Waals surface area contributed by atoms with Crippen LogP contribution in [0, 0.1) is 5.92 Å². The summed E-state index contributed by atoms with van der Waals surface area (Å²) in [7, 11) is 0. The standard InChI is InChI=1S/C20H39N3O2/c1-17(2)22-13-11-21(12-14-22)16-19-7-9-23(10-8-19)20(24)6-5-15-25-18(3)4/h17-19H,5-16H2,1-4H3. The number of rotatable bonds is 8. The summed E-state index contributed by atoms with van der Waals surface area (Å²) in [6.07, 6.45) is 4.07. The maximum atomic E-state index is 12.3. The molecule has 0 aromatic rings. The zero-order valence-electron chi connectivity index (χ0n) is 16.9. The van der Waals surface area contributed by atoms with Crippen molar-refractivity contribution in [1.29, 1.82) is 0 Å². The molecule has 2 fully saturated rings. The molecule has 0 saturated carbocycles. The molecule has 0 atom stereocenters. The van der Waals surface area contributed by atoms with E-state index in [2.05, 4.69) is 28.5 Å². The smallest absolute Gasteiger partial charge is 0.222 e. The Hall–Kier alpha value is -0.650. The number of piperazine rings is 1. The first-order valence-corrected chi connectivity index (χ1v) is 10.3. The first-order valence-electron chi connectivity index (χ1n) is 10.3. The largest absolute Gasteiger partial charge is 0.379 e. The van der Waals surface area contributed by atoms with E-state index in [4.69, 9.17) is 4.74 Å². The molecule has 2 heterocycles. The number of carbonyl (C=O) groups excluding carboxylic acids is 1. The molecule has 0 N–H and O–H groups in total. The molecular weight excluding hydrogens is 314 g/mol. The van der Waals surface area contributed by atoms with Crippen molar-refractivity contribution < 1.29 is 9.53 Å². The van der Waals surface area contributed by atoms with E-state index >= 15 is 0 Å². The summed E-state index contributed by atoms with van der Waals surface area (Å²) < 4.78 is 5.52. The van der Waals surface area contributed by atoms with Crippen molar-refractivity contribution in [2.75, 3.05) is 52.4 Å². The Kier molecular flexibility index (Phi) is 8.67. The summed E-state index contributed by atoms with van der Waals surface area (Å²) in [6, 6.07) is 0.669. The van der Waals surface area contributed by atoms with Crippen LogP contribution >= 0.6 is 0 Å². The van der Waals surface area contributed by atoms with Crippen LogP contribution in [0.5, 0.6) is 0 Å². The first kappa shape index (κ1) is 20.7. The highest BCUT2D eigenvalue weighted by Gasteiger charge is 2.26. The minimum atomic E-state index is 0.258. The van der Waals surface area contributed by atoms with Crippen molar-refractivity contribution in [1.82, 2.24) is 14.7 Å². The molecule has 25 heavy (non-hydrogen) atoms. The lowest BCUT2D eigenvalue weighted by Crippen LogP contribution is -2.50. The van der Waals surface area contributed by atoms with E-state index in [1.165, 1.54) is 45.6 Å². The molecule has 0 aromatic heterocycles. The van der Waals surface area contributed by atoms with Gasteiger partial charge in [0.2, 0.25) is 5.91 Å². The molecule has 2 rings (SSSR count). The van der Waals surface area contributed by atoms with Gasteiger partial charge in [-0.3, -0.25) is 9.69 Å². The molecule has 2 saturated heterocycles. The molecule has 5 heteroatoms. The number of piperidine rings is 1. The van der Waals surface area contributed by atoms with Crippen molar-refractivity contribution in [3.63, 3.8) is 0 Å². The molecule has 0 spiro atoms. The highest BCUT2D eigenvalue weighted by atomic mass is 16.5. The third-order valence-corrected chi connectivity index (χ3v) is 5.61. The van der Waals surface area contributed by atoms with Gasteiger partial charge in [-0.1, -0.05) is 0 Å². The quantitative estimate of drug-likeness (QED) is 0.628. The number of likely N-dealkylation sites (tertiary alicyclic amines) is 1. The number of hydrogen-bond donors (Lipinski definition) is 0. The zero-order chi connectivity index (χ0) is 18.2. The van der Waals surface area contributed by atoms with Crippen LogP contribution < -0.4 is 0 Å². The van der Waals surface area contributed by atoms with Crippen molar-refractivity contribution in [2.45, 2.75) is 65.5 Å². The van der Waals surface area contributed by atoms with E-state index in [0.717, 1.165) is 25.4 Å². The van der Waals surface area contributed by atoms with Gasteiger partial charge in [-0.05, 0) is 52.9 Å². The Morgan fingerprint density at radius 1 is 1.00 bits per heavy atom. The van der Waals surface area contributed by atoms with Crippen LogP contribution in [0.15, 0.2) is 0 Å². The summed E-state index contributed by atoms with van der Waals surface area (Å²) in [6.45, 7) is 17.3. The SMILES string of the molecule is CC(C)OCCCC(=O)N1CCC(CN2CCN(C(C)C)CC2)CC1. The van der Waals surface area contributed by atoms with Crippen LogP contribution in [0.2, 0.25) is 0 Å².